The summed E-state index contributed by atoms with van der Waals surface area (Å²) >= 11 is 0. The van der Waals surface area contributed by atoms with Crippen molar-refractivity contribution in [1.29, 1.82) is 0 Å². The zero-order chi connectivity index (χ0) is 15.4. The molecule has 0 spiro atoms. The maximum absolute atomic E-state index is 13.6. The first-order valence-electron chi connectivity index (χ1n) is 6.02. The largest absolute Gasteiger partial charge is 0.366 e. The fourth-order valence-corrected chi connectivity index (χ4v) is 1.60. The number of carbonyl (C=O) groups excluding carboxylic acids is 2. The van der Waals surface area contributed by atoms with Crippen LogP contribution in [-0.4, -0.2) is 33.4 Å². The van der Waals surface area contributed by atoms with E-state index >= 15 is 0 Å². The van der Waals surface area contributed by atoms with Gasteiger partial charge < -0.3 is 16.8 Å². The highest BCUT2D eigenvalue weighted by atomic mass is 19.1. The molecule has 0 unspecified atom stereocenters. The highest BCUT2D eigenvalue weighted by Gasteiger charge is 2.14. The quantitative estimate of drug-likeness (QED) is 0.698. The summed E-state index contributed by atoms with van der Waals surface area (Å²) in [5.41, 5.74) is 10.4. The number of hydrogen-bond acceptors (Lipinski definition) is 5. The van der Waals surface area contributed by atoms with Crippen molar-refractivity contribution in [2.24, 2.45) is 11.5 Å². The van der Waals surface area contributed by atoms with E-state index in [1.807, 2.05) is 0 Å². The lowest BCUT2D eigenvalue weighted by atomic mass is 10.2. The number of nitrogens with two attached hydrogens (primary N) is 2. The summed E-state index contributed by atoms with van der Waals surface area (Å²) in [5, 5.41) is 9.65. The summed E-state index contributed by atoms with van der Waals surface area (Å²) in [6, 6.07) is 3.42. The Labute approximate surface area is 118 Å². The topological polar surface area (TPSA) is 129 Å². The van der Waals surface area contributed by atoms with E-state index in [0.29, 0.717) is 13.1 Å². The van der Waals surface area contributed by atoms with Gasteiger partial charge in [0.05, 0.1) is 18.4 Å². The number of hydrogen-bond donors (Lipinski definition) is 3. The molecule has 2 rings (SSSR count). The molecular formula is C12H13FN6O2. The fraction of sp³-hybridized carbons (Fsp3) is 0.167. The molecule has 1 aromatic heterocycles. The maximum Gasteiger partial charge on any atom is 0.277 e. The van der Waals surface area contributed by atoms with Crippen molar-refractivity contribution in [3.05, 3.63) is 41.5 Å². The number of amides is 2. The Kier molecular flexibility index (Phi) is 4.24. The fourth-order valence-electron chi connectivity index (χ4n) is 1.60. The molecule has 0 aliphatic rings. The third-order valence-corrected chi connectivity index (χ3v) is 2.63. The Morgan fingerprint density at radius 1 is 1.38 bits per heavy atom. The summed E-state index contributed by atoms with van der Waals surface area (Å²) < 4.78 is 15.0. The Bertz CT molecular complexity index is 684. The van der Waals surface area contributed by atoms with E-state index < -0.39 is 17.6 Å². The van der Waals surface area contributed by atoms with Crippen molar-refractivity contribution in [3.63, 3.8) is 0 Å². The van der Waals surface area contributed by atoms with E-state index in [9.17, 15) is 14.0 Å². The number of halogens is 1. The molecule has 0 radical (unpaired) electrons. The smallest absolute Gasteiger partial charge is 0.277 e. The van der Waals surface area contributed by atoms with Crippen LogP contribution >= 0.6 is 0 Å². The van der Waals surface area contributed by atoms with Crippen LogP contribution < -0.4 is 16.8 Å². The molecule has 0 fully saturated rings. The lowest BCUT2D eigenvalue weighted by molar-refractivity contribution is 0.0995. The highest BCUT2D eigenvalue weighted by Crippen LogP contribution is 2.16. The molecule has 0 atom stereocenters. The van der Waals surface area contributed by atoms with E-state index in [2.05, 4.69) is 15.6 Å². The zero-order valence-electron chi connectivity index (χ0n) is 10.9. The van der Waals surface area contributed by atoms with Gasteiger partial charge in [0.1, 0.15) is 5.82 Å². The third kappa shape index (κ3) is 3.39. The maximum atomic E-state index is 13.6. The van der Waals surface area contributed by atoms with Crippen molar-refractivity contribution < 1.29 is 14.0 Å². The van der Waals surface area contributed by atoms with Gasteiger partial charge >= 0.3 is 0 Å². The molecule has 0 aliphatic heterocycles. The van der Waals surface area contributed by atoms with Crippen LogP contribution in [0.5, 0.6) is 0 Å². The van der Waals surface area contributed by atoms with Gasteiger partial charge in [-0.1, -0.05) is 5.21 Å². The number of benzene rings is 1. The second kappa shape index (κ2) is 6.09. The number of primary amides is 1. The second-order valence-corrected chi connectivity index (χ2v) is 4.17. The minimum Gasteiger partial charge on any atom is -0.366 e. The summed E-state index contributed by atoms with van der Waals surface area (Å²) in [6.07, 6.45) is 1.39. The van der Waals surface area contributed by atoms with Gasteiger partial charge in [-0.05, 0) is 18.2 Å². The molecule has 2 aromatic rings. The van der Waals surface area contributed by atoms with E-state index in [1.165, 1.54) is 16.9 Å². The molecule has 9 heteroatoms. The molecule has 2 amide bonds. The van der Waals surface area contributed by atoms with Crippen molar-refractivity contribution in [2.45, 2.75) is 6.54 Å². The second-order valence-electron chi connectivity index (χ2n) is 4.17. The minimum absolute atomic E-state index is 0.00679. The molecule has 0 aliphatic carbocycles. The van der Waals surface area contributed by atoms with E-state index in [1.54, 1.807) is 0 Å². The Balaban J connectivity index is 2.18. The summed E-state index contributed by atoms with van der Waals surface area (Å²) in [4.78, 5) is 23.0. The SMILES string of the molecule is NCCn1cc(C(=O)Nc2cc(C(N)=O)ccc2F)nn1. The van der Waals surface area contributed by atoms with Gasteiger partial charge in [0.15, 0.2) is 5.69 Å². The molecule has 0 bridgehead atoms. The van der Waals surface area contributed by atoms with Crippen molar-refractivity contribution in [1.82, 2.24) is 15.0 Å². The van der Waals surface area contributed by atoms with Crippen LogP contribution in [0, 0.1) is 5.82 Å². The van der Waals surface area contributed by atoms with Crippen LogP contribution in [0.15, 0.2) is 24.4 Å². The average molecular weight is 292 g/mol. The Morgan fingerprint density at radius 2 is 2.14 bits per heavy atom. The zero-order valence-corrected chi connectivity index (χ0v) is 10.9. The summed E-state index contributed by atoms with van der Waals surface area (Å²) in [6.45, 7) is 0.755. The number of anilines is 1. The van der Waals surface area contributed by atoms with Crippen LogP contribution in [0.3, 0.4) is 0 Å². The lowest BCUT2D eigenvalue weighted by Gasteiger charge is -2.05. The highest BCUT2D eigenvalue weighted by molar-refractivity contribution is 6.03. The van der Waals surface area contributed by atoms with Crippen LogP contribution in [0.4, 0.5) is 10.1 Å². The predicted octanol–water partition coefficient (Wildman–Crippen LogP) is -0.273. The van der Waals surface area contributed by atoms with Crippen molar-refractivity contribution >= 4 is 17.5 Å². The number of rotatable bonds is 5. The van der Waals surface area contributed by atoms with E-state index in [-0.39, 0.29) is 16.9 Å². The van der Waals surface area contributed by atoms with Gasteiger partial charge in [0.2, 0.25) is 5.91 Å². The Morgan fingerprint density at radius 3 is 2.81 bits per heavy atom. The van der Waals surface area contributed by atoms with Gasteiger partial charge in [-0.25, -0.2) is 4.39 Å². The molecule has 8 nitrogen and oxygen atoms in total. The van der Waals surface area contributed by atoms with E-state index in [4.69, 9.17) is 11.5 Å². The lowest BCUT2D eigenvalue weighted by Crippen LogP contribution is -2.16. The normalized spacial score (nSPS) is 10.4. The Hall–Kier alpha value is -2.81. The van der Waals surface area contributed by atoms with Gasteiger partial charge in [0, 0.05) is 12.1 Å². The van der Waals surface area contributed by atoms with E-state index in [0.717, 1.165) is 12.1 Å². The van der Waals surface area contributed by atoms with Gasteiger partial charge in [0.25, 0.3) is 5.91 Å². The average Bonchev–Trinajstić information content (AvgIpc) is 2.90. The molecule has 1 heterocycles. The van der Waals surface area contributed by atoms with Crippen LogP contribution in [-0.2, 0) is 6.54 Å². The number of aromatic nitrogens is 3. The van der Waals surface area contributed by atoms with Gasteiger partial charge in [-0.2, -0.15) is 0 Å². The van der Waals surface area contributed by atoms with Crippen LogP contribution in [0.2, 0.25) is 0 Å². The van der Waals surface area contributed by atoms with Gasteiger partial charge in [-0.3, -0.25) is 14.3 Å². The predicted molar refractivity (Wildman–Crippen MR) is 71.9 cm³/mol. The molecule has 5 N–H and O–H groups in total. The molecular weight excluding hydrogens is 279 g/mol. The molecule has 21 heavy (non-hydrogen) atoms. The summed E-state index contributed by atoms with van der Waals surface area (Å²) in [5.74, 6) is -2.07. The van der Waals surface area contributed by atoms with Crippen molar-refractivity contribution in [3.8, 4) is 0 Å². The first kappa shape index (κ1) is 14.6. The molecule has 0 saturated heterocycles. The molecule has 110 valence electrons. The molecule has 1 aromatic carbocycles. The standard InChI is InChI=1S/C12H13FN6O2/c13-8-2-1-7(11(15)20)5-9(8)16-12(21)10-6-19(4-3-14)18-17-10/h1-2,5-6H,3-4,14H2,(H2,15,20)(H,16,21). The van der Waals surface area contributed by atoms with Crippen LogP contribution in [0.25, 0.3) is 0 Å². The monoisotopic (exact) mass is 292 g/mol. The number of nitrogens with zero attached hydrogens (tertiary/aromatic N) is 3. The molecule has 0 saturated carbocycles. The van der Waals surface area contributed by atoms with Crippen LogP contribution in [0.1, 0.15) is 20.8 Å². The van der Waals surface area contributed by atoms with Gasteiger partial charge in [-0.15, -0.1) is 5.10 Å². The summed E-state index contributed by atoms with van der Waals surface area (Å²) in [7, 11) is 0. The third-order valence-electron chi connectivity index (χ3n) is 2.63. The first-order chi connectivity index (χ1) is 10.0. The number of nitrogens with one attached hydrogen (secondary N) is 1. The number of carbonyl (C=O) groups is 2. The minimum atomic E-state index is -0.723. The first-order valence-corrected chi connectivity index (χ1v) is 6.02. The van der Waals surface area contributed by atoms with Crippen molar-refractivity contribution in [2.75, 3.05) is 11.9 Å².